The summed E-state index contributed by atoms with van der Waals surface area (Å²) in [5.41, 5.74) is 4.09. The van der Waals surface area contributed by atoms with Gasteiger partial charge in [0.25, 0.3) is 5.91 Å². The number of rotatable bonds is 5. The lowest BCUT2D eigenvalue weighted by molar-refractivity contribution is 0.0746. The van der Waals surface area contributed by atoms with E-state index < -0.39 is 0 Å². The molecular formula is C26H25FN4O2. The van der Waals surface area contributed by atoms with Crippen LogP contribution in [0.25, 0.3) is 5.65 Å². The summed E-state index contributed by atoms with van der Waals surface area (Å²) >= 11 is 0. The topological polar surface area (TPSA) is 50.1 Å². The normalized spacial score (nSPS) is 14.0. The van der Waals surface area contributed by atoms with E-state index in [4.69, 9.17) is 4.74 Å². The van der Waals surface area contributed by atoms with Crippen LogP contribution in [0.3, 0.4) is 0 Å². The fourth-order valence-electron chi connectivity index (χ4n) is 4.17. The number of para-hydroxylation sites is 1. The van der Waals surface area contributed by atoms with Gasteiger partial charge in [0.2, 0.25) is 0 Å². The van der Waals surface area contributed by atoms with Crippen molar-refractivity contribution < 1.29 is 13.9 Å². The number of benzene rings is 2. The summed E-state index contributed by atoms with van der Waals surface area (Å²) in [4.78, 5) is 21.3. The SMILES string of the molecule is Cc1cccn2cc(COc3ccc(C(=O)N4CCN(c5ccccc5F)CC4)cc3)nc12. The zero-order chi connectivity index (χ0) is 22.8. The molecule has 4 aromatic rings. The molecule has 1 saturated heterocycles. The van der Waals surface area contributed by atoms with Gasteiger partial charge in [0, 0.05) is 44.1 Å². The van der Waals surface area contributed by atoms with E-state index in [0.717, 1.165) is 16.9 Å². The summed E-state index contributed by atoms with van der Waals surface area (Å²) in [5.74, 6) is 0.432. The minimum absolute atomic E-state index is 0.0226. The summed E-state index contributed by atoms with van der Waals surface area (Å²) in [6.07, 6.45) is 3.93. The van der Waals surface area contributed by atoms with Crippen molar-refractivity contribution in [1.29, 1.82) is 0 Å². The summed E-state index contributed by atoms with van der Waals surface area (Å²) in [7, 11) is 0. The van der Waals surface area contributed by atoms with Crippen molar-refractivity contribution in [3.05, 3.63) is 95.7 Å². The summed E-state index contributed by atoms with van der Waals surface area (Å²) in [6.45, 7) is 4.70. The van der Waals surface area contributed by atoms with Crippen LogP contribution in [0.5, 0.6) is 5.75 Å². The maximum absolute atomic E-state index is 14.0. The predicted octanol–water partition coefficient (Wildman–Crippen LogP) is 4.32. The van der Waals surface area contributed by atoms with Crippen molar-refractivity contribution in [3.8, 4) is 5.75 Å². The molecule has 0 aliphatic carbocycles. The Hall–Kier alpha value is -3.87. The third kappa shape index (κ3) is 4.39. The first-order valence-electron chi connectivity index (χ1n) is 11.0. The number of nitrogens with zero attached hydrogens (tertiary/aromatic N) is 4. The van der Waals surface area contributed by atoms with E-state index in [1.165, 1.54) is 6.07 Å². The molecule has 0 spiro atoms. The van der Waals surface area contributed by atoms with Crippen LogP contribution in [0.1, 0.15) is 21.6 Å². The minimum Gasteiger partial charge on any atom is -0.487 e. The van der Waals surface area contributed by atoms with Crippen molar-refractivity contribution in [2.24, 2.45) is 0 Å². The van der Waals surface area contributed by atoms with Crippen LogP contribution in [-0.4, -0.2) is 46.4 Å². The minimum atomic E-state index is -0.230. The van der Waals surface area contributed by atoms with E-state index in [-0.39, 0.29) is 11.7 Å². The number of fused-ring (bicyclic) bond motifs is 1. The van der Waals surface area contributed by atoms with E-state index in [1.807, 2.05) is 63.8 Å². The summed E-state index contributed by atoms with van der Waals surface area (Å²) < 4.78 is 21.9. The molecule has 6 nitrogen and oxygen atoms in total. The van der Waals surface area contributed by atoms with Gasteiger partial charge in [0.15, 0.2) is 0 Å². The average Bonchev–Trinajstić information content (AvgIpc) is 3.28. The maximum Gasteiger partial charge on any atom is 0.253 e. The number of halogens is 1. The Bertz CT molecular complexity index is 1280. The van der Waals surface area contributed by atoms with Crippen LogP contribution in [0.4, 0.5) is 10.1 Å². The largest absolute Gasteiger partial charge is 0.487 e. The monoisotopic (exact) mass is 444 g/mol. The molecule has 1 aliphatic rings. The first kappa shape index (κ1) is 21.0. The Morgan fingerprint density at radius 1 is 1.00 bits per heavy atom. The molecule has 33 heavy (non-hydrogen) atoms. The van der Waals surface area contributed by atoms with E-state index >= 15 is 0 Å². The van der Waals surface area contributed by atoms with E-state index in [1.54, 1.807) is 24.3 Å². The maximum atomic E-state index is 14.0. The van der Waals surface area contributed by atoms with Gasteiger partial charge in [0.05, 0.1) is 11.4 Å². The van der Waals surface area contributed by atoms with Gasteiger partial charge in [-0.15, -0.1) is 0 Å². The highest BCUT2D eigenvalue weighted by molar-refractivity contribution is 5.94. The molecule has 2 aromatic carbocycles. The van der Waals surface area contributed by atoms with E-state index in [0.29, 0.717) is 49.8 Å². The second-order valence-electron chi connectivity index (χ2n) is 8.20. The molecule has 1 aliphatic heterocycles. The molecule has 7 heteroatoms. The number of aromatic nitrogens is 2. The molecule has 3 heterocycles. The van der Waals surface area contributed by atoms with Crippen LogP contribution in [-0.2, 0) is 6.61 Å². The van der Waals surface area contributed by atoms with Gasteiger partial charge in [-0.05, 0) is 55.0 Å². The van der Waals surface area contributed by atoms with Crippen molar-refractivity contribution in [1.82, 2.24) is 14.3 Å². The third-order valence-corrected chi connectivity index (χ3v) is 5.98. The Kier molecular flexibility index (Phi) is 5.69. The molecule has 0 unspecified atom stereocenters. The highest BCUT2D eigenvalue weighted by Gasteiger charge is 2.23. The molecule has 0 radical (unpaired) electrons. The van der Waals surface area contributed by atoms with Crippen molar-refractivity contribution in [2.45, 2.75) is 13.5 Å². The highest BCUT2D eigenvalue weighted by atomic mass is 19.1. The number of anilines is 1. The molecule has 0 bridgehead atoms. The number of carbonyl (C=O) groups excluding carboxylic acids is 1. The zero-order valence-electron chi connectivity index (χ0n) is 18.4. The molecule has 0 atom stereocenters. The lowest BCUT2D eigenvalue weighted by Gasteiger charge is -2.36. The van der Waals surface area contributed by atoms with Gasteiger partial charge < -0.3 is 18.9 Å². The first-order chi connectivity index (χ1) is 16.1. The van der Waals surface area contributed by atoms with Crippen molar-refractivity contribution >= 4 is 17.2 Å². The number of hydrogen-bond donors (Lipinski definition) is 0. The van der Waals surface area contributed by atoms with E-state index in [2.05, 4.69) is 4.98 Å². The van der Waals surface area contributed by atoms with Crippen LogP contribution in [0.15, 0.2) is 73.1 Å². The predicted molar refractivity (Wildman–Crippen MR) is 125 cm³/mol. The fourth-order valence-corrected chi connectivity index (χ4v) is 4.17. The Morgan fingerprint density at radius 3 is 2.48 bits per heavy atom. The number of aryl methyl sites for hydroxylation is 1. The second-order valence-corrected chi connectivity index (χ2v) is 8.20. The van der Waals surface area contributed by atoms with Gasteiger partial charge in [-0.3, -0.25) is 4.79 Å². The molecule has 1 fully saturated rings. The first-order valence-corrected chi connectivity index (χ1v) is 11.0. The zero-order valence-corrected chi connectivity index (χ0v) is 18.4. The number of ether oxygens (including phenoxy) is 1. The smallest absolute Gasteiger partial charge is 0.253 e. The van der Waals surface area contributed by atoms with Crippen LogP contribution in [0, 0.1) is 12.7 Å². The number of hydrogen-bond acceptors (Lipinski definition) is 4. The molecule has 0 saturated carbocycles. The van der Waals surface area contributed by atoms with Crippen molar-refractivity contribution in [2.75, 3.05) is 31.1 Å². The second kappa shape index (κ2) is 8.94. The molecular weight excluding hydrogens is 419 g/mol. The van der Waals surface area contributed by atoms with Gasteiger partial charge in [0.1, 0.15) is 23.8 Å². The van der Waals surface area contributed by atoms with Gasteiger partial charge in [-0.25, -0.2) is 9.37 Å². The van der Waals surface area contributed by atoms with E-state index in [9.17, 15) is 9.18 Å². The quantitative estimate of drug-likeness (QED) is 0.460. The number of carbonyl (C=O) groups is 1. The van der Waals surface area contributed by atoms with Crippen molar-refractivity contribution in [3.63, 3.8) is 0 Å². The summed E-state index contributed by atoms with van der Waals surface area (Å²) in [5, 5.41) is 0. The van der Waals surface area contributed by atoms with Crippen LogP contribution >= 0.6 is 0 Å². The number of amides is 1. The lowest BCUT2D eigenvalue weighted by Crippen LogP contribution is -2.49. The fraction of sp³-hybridized carbons (Fsp3) is 0.231. The standard InChI is InChI=1S/C26H25FN4O2/c1-19-5-4-12-31-17-21(28-25(19)31)18-33-22-10-8-20(9-11-22)26(32)30-15-13-29(14-16-30)24-7-3-2-6-23(24)27/h2-12,17H,13-16,18H2,1H3. The van der Waals surface area contributed by atoms with Crippen LogP contribution in [0.2, 0.25) is 0 Å². The Labute approximate surface area is 191 Å². The molecule has 0 N–H and O–H groups in total. The Balaban J connectivity index is 1.17. The number of pyridine rings is 1. The average molecular weight is 445 g/mol. The molecule has 1 amide bonds. The highest BCUT2D eigenvalue weighted by Crippen LogP contribution is 2.21. The molecule has 2 aromatic heterocycles. The van der Waals surface area contributed by atoms with Crippen LogP contribution < -0.4 is 9.64 Å². The Morgan fingerprint density at radius 2 is 1.76 bits per heavy atom. The number of imidazole rings is 1. The lowest BCUT2D eigenvalue weighted by atomic mass is 10.1. The number of piperazine rings is 1. The molecule has 168 valence electrons. The van der Waals surface area contributed by atoms with Gasteiger partial charge >= 0.3 is 0 Å². The van der Waals surface area contributed by atoms with Gasteiger partial charge in [-0.1, -0.05) is 18.2 Å². The molecule has 5 rings (SSSR count). The third-order valence-electron chi connectivity index (χ3n) is 5.98. The summed E-state index contributed by atoms with van der Waals surface area (Å²) in [6, 6.07) is 18.0. The van der Waals surface area contributed by atoms with Gasteiger partial charge in [-0.2, -0.15) is 0 Å².